The molecule has 1 saturated heterocycles. The fraction of sp³-hybridized carbons (Fsp3) is 0.348. The molecule has 188 valence electrons. The summed E-state index contributed by atoms with van der Waals surface area (Å²) in [5.74, 6) is -2.20. The van der Waals surface area contributed by atoms with Gasteiger partial charge in [0.25, 0.3) is 10.1 Å². The van der Waals surface area contributed by atoms with Crippen molar-refractivity contribution in [1.29, 1.82) is 0 Å². The zero-order valence-corrected chi connectivity index (χ0v) is 19.7. The van der Waals surface area contributed by atoms with Crippen LogP contribution in [0.3, 0.4) is 0 Å². The summed E-state index contributed by atoms with van der Waals surface area (Å²) >= 11 is 0. The van der Waals surface area contributed by atoms with Crippen molar-refractivity contribution in [2.45, 2.75) is 37.6 Å². The molecule has 1 aliphatic heterocycles. The minimum atomic E-state index is -4.16. The highest BCUT2D eigenvalue weighted by Gasteiger charge is 2.51. The summed E-state index contributed by atoms with van der Waals surface area (Å²) in [5.41, 5.74) is 0.368. The first-order valence-corrected chi connectivity index (χ1v) is 12.3. The van der Waals surface area contributed by atoms with Crippen molar-refractivity contribution in [2.24, 2.45) is 0 Å². The van der Waals surface area contributed by atoms with Gasteiger partial charge in [-0.3, -0.25) is 8.98 Å². The van der Waals surface area contributed by atoms with Crippen LogP contribution in [0.5, 0.6) is 0 Å². The molecule has 11 nitrogen and oxygen atoms in total. The Kier molecular flexibility index (Phi) is 8.57. The number of nitrogens with one attached hydrogen (secondary N) is 1. The number of hydrogen-bond donors (Lipinski definition) is 2. The summed E-state index contributed by atoms with van der Waals surface area (Å²) in [6.07, 6.45) is -5.43. The Bertz CT molecular complexity index is 1140. The van der Waals surface area contributed by atoms with Gasteiger partial charge in [0.1, 0.15) is 24.9 Å². The molecule has 1 amide bonds. The van der Waals surface area contributed by atoms with Crippen LogP contribution in [0.15, 0.2) is 60.7 Å². The second kappa shape index (κ2) is 11.4. The Balaban J connectivity index is 1.90. The Morgan fingerprint density at radius 2 is 1.49 bits per heavy atom. The third-order valence-corrected chi connectivity index (χ3v) is 5.53. The highest BCUT2D eigenvalue weighted by atomic mass is 32.2. The predicted octanol–water partition coefficient (Wildman–Crippen LogP) is 0.636. The lowest BCUT2D eigenvalue weighted by molar-refractivity contribution is -0.247. The topological polar surface area (TPSA) is 155 Å². The molecule has 2 N–H and O–H groups in total. The largest absolute Gasteiger partial charge is 0.459 e. The highest BCUT2D eigenvalue weighted by molar-refractivity contribution is 7.86. The van der Waals surface area contributed by atoms with Gasteiger partial charge >= 0.3 is 11.9 Å². The quantitative estimate of drug-likeness (QED) is 0.384. The van der Waals surface area contributed by atoms with Gasteiger partial charge in [-0.15, -0.1) is 0 Å². The van der Waals surface area contributed by atoms with Gasteiger partial charge in [-0.1, -0.05) is 36.4 Å². The minimum Gasteiger partial charge on any atom is -0.459 e. The Morgan fingerprint density at radius 1 is 0.943 bits per heavy atom. The van der Waals surface area contributed by atoms with Crippen molar-refractivity contribution in [3.8, 4) is 0 Å². The molecule has 1 heterocycles. The van der Waals surface area contributed by atoms with E-state index in [9.17, 15) is 27.9 Å². The van der Waals surface area contributed by atoms with Gasteiger partial charge < -0.3 is 24.6 Å². The number of carbonyl (C=O) groups is 3. The second-order valence-electron chi connectivity index (χ2n) is 7.76. The summed E-state index contributed by atoms with van der Waals surface area (Å²) in [6, 6.07) is 14.4. The maximum absolute atomic E-state index is 12.8. The van der Waals surface area contributed by atoms with Crippen LogP contribution in [0.1, 0.15) is 27.6 Å². The SMILES string of the molecule is CC(=O)N[C@@H]1[C@H](OC(=O)c2ccccc2)[C@H](OS(C)(=O)=O)[C@@H](COC(=O)c2ccccc2)O[C@@H]1O. The van der Waals surface area contributed by atoms with Crippen molar-refractivity contribution in [3.05, 3.63) is 71.8 Å². The first kappa shape index (κ1) is 26.3. The van der Waals surface area contributed by atoms with Crippen LogP contribution >= 0.6 is 0 Å². The Hall–Kier alpha value is -3.32. The summed E-state index contributed by atoms with van der Waals surface area (Å²) in [5, 5.41) is 13.0. The van der Waals surface area contributed by atoms with Gasteiger partial charge in [0.2, 0.25) is 5.91 Å². The molecule has 35 heavy (non-hydrogen) atoms. The average Bonchev–Trinajstić information content (AvgIpc) is 2.81. The smallest absolute Gasteiger partial charge is 0.338 e. The molecule has 0 unspecified atom stereocenters. The third kappa shape index (κ3) is 7.33. The zero-order valence-electron chi connectivity index (χ0n) is 18.9. The van der Waals surface area contributed by atoms with E-state index in [1.54, 1.807) is 36.4 Å². The van der Waals surface area contributed by atoms with Gasteiger partial charge in [-0.05, 0) is 24.3 Å². The van der Waals surface area contributed by atoms with Crippen molar-refractivity contribution in [1.82, 2.24) is 5.32 Å². The normalized spacial score (nSPS) is 24.3. The number of hydrogen-bond acceptors (Lipinski definition) is 10. The van der Waals surface area contributed by atoms with Gasteiger partial charge in [-0.2, -0.15) is 8.42 Å². The lowest BCUT2D eigenvalue weighted by atomic mass is 9.96. The molecule has 1 aliphatic rings. The van der Waals surface area contributed by atoms with Crippen molar-refractivity contribution >= 4 is 28.0 Å². The fourth-order valence-electron chi connectivity index (χ4n) is 3.48. The lowest BCUT2D eigenvalue weighted by Crippen LogP contribution is -2.66. The van der Waals surface area contributed by atoms with Gasteiger partial charge in [0.15, 0.2) is 12.4 Å². The van der Waals surface area contributed by atoms with Crippen LogP contribution in [-0.2, 0) is 33.3 Å². The number of esters is 2. The van der Waals surface area contributed by atoms with Crippen LogP contribution < -0.4 is 5.32 Å². The molecule has 3 rings (SSSR count). The first-order chi connectivity index (χ1) is 16.5. The van der Waals surface area contributed by atoms with E-state index in [-0.39, 0.29) is 11.1 Å². The molecule has 0 spiro atoms. The van der Waals surface area contributed by atoms with E-state index in [4.69, 9.17) is 18.4 Å². The Morgan fingerprint density at radius 3 is 2.00 bits per heavy atom. The molecular weight excluding hydrogens is 482 g/mol. The molecule has 2 aromatic carbocycles. The molecule has 12 heteroatoms. The molecule has 1 fully saturated rings. The van der Waals surface area contributed by atoms with Crippen molar-refractivity contribution in [2.75, 3.05) is 12.9 Å². The predicted molar refractivity (Wildman–Crippen MR) is 121 cm³/mol. The monoisotopic (exact) mass is 507 g/mol. The standard InChI is InChI=1S/C23H25NO10S/c1-14(25)24-18-20(33-22(27)16-11-7-4-8-12-16)19(34-35(2,29)30)17(32-23(18)28)13-31-21(26)15-9-5-3-6-10-15/h3-12,17-20,23,28H,13H2,1-2H3,(H,24,25)/t17-,18-,19-,20+,23+/m1/s1. The van der Waals surface area contributed by atoms with Crippen molar-refractivity contribution < 1.29 is 46.3 Å². The van der Waals surface area contributed by atoms with E-state index in [2.05, 4.69) is 5.32 Å². The van der Waals surface area contributed by atoms with Gasteiger partial charge in [0.05, 0.1) is 17.4 Å². The Labute approximate surface area is 202 Å². The molecule has 0 radical (unpaired) electrons. The zero-order chi connectivity index (χ0) is 25.6. The van der Waals surface area contributed by atoms with Gasteiger partial charge in [0, 0.05) is 6.92 Å². The number of carbonyl (C=O) groups excluding carboxylic acids is 3. The molecule has 0 bridgehead atoms. The summed E-state index contributed by atoms with van der Waals surface area (Å²) < 4.78 is 45.4. The molecule has 0 aliphatic carbocycles. The van der Waals surface area contributed by atoms with Crippen LogP contribution in [0, 0.1) is 0 Å². The van der Waals surface area contributed by atoms with Crippen LogP contribution in [-0.4, -0.2) is 74.9 Å². The van der Waals surface area contributed by atoms with Gasteiger partial charge in [-0.25, -0.2) is 9.59 Å². The van der Waals surface area contributed by atoms with E-state index in [1.165, 1.54) is 24.3 Å². The van der Waals surface area contributed by atoms with E-state index in [1.807, 2.05) is 0 Å². The second-order valence-corrected chi connectivity index (χ2v) is 9.36. The van der Waals surface area contributed by atoms with E-state index in [0.717, 1.165) is 13.2 Å². The number of rotatable bonds is 8. The fourth-order valence-corrected chi connectivity index (χ4v) is 4.12. The summed E-state index contributed by atoms with van der Waals surface area (Å²) in [4.78, 5) is 36.9. The summed E-state index contributed by atoms with van der Waals surface area (Å²) in [6.45, 7) is 0.611. The van der Waals surface area contributed by atoms with Crippen molar-refractivity contribution in [3.63, 3.8) is 0 Å². The number of amides is 1. The lowest BCUT2D eigenvalue weighted by Gasteiger charge is -2.43. The van der Waals surface area contributed by atoms with Crippen LogP contribution in [0.2, 0.25) is 0 Å². The maximum atomic E-state index is 12.8. The summed E-state index contributed by atoms with van der Waals surface area (Å²) in [7, 11) is -4.16. The molecule has 2 aromatic rings. The number of aliphatic hydroxyl groups is 1. The van der Waals surface area contributed by atoms with E-state index < -0.39 is 65.2 Å². The first-order valence-electron chi connectivity index (χ1n) is 10.5. The number of ether oxygens (including phenoxy) is 3. The van der Waals surface area contributed by atoms with E-state index >= 15 is 0 Å². The number of aliphatic hydroxyl groups excluding tert-OH is 1. The molecular formula is C23H25NO10S. The number of benzene rings is 2. The van der Waals surface area contributed by atoms with E-state index in [0.29, 0.717) is 0 Å². The van der Waals surface area contributed by atoms with Crippen LogP contribution in [0.4, 0.5) is 0 Å². The third-order valence-electron chi connectivity index (χ3n) is 4.96. The molecule has 0 saturated carbocycles. The highest BCUT2D eigenvalue weighted by Crippen LogP contribution is 2.28. The van der Waals surface area contributed by atoms with Crippen LogP contribution in [0.25, 0.3) is 0 Å². The average molecular weight is 508 g/mol. The molecule has 0 aromatic heterocycles. The molecule has 5 atom stereocenters. The minimum absolute atomic E-state index is 0.139. The maximum Gasteiger partial charge on any atom is 0.338 e.